The third-order valence-corrected chi connectivity index (χ3v) is 5.60. The van der Waals surface area contributed by atoms with E-state index in [0.717, 1.165) is 22.5 Å². The fourth-order valence-corrected chi connectivity index (χ4v) is 3.73. The smallest absolute Gasteiger partial charge is 0.357 e. The Labute approximate surface area is 178 Å². The Hall–Kier alpha value is -3.51. The number of esters is 1. The van der Waals surface area contributed by atoms with E-state index >= 15 is 0 Å². The lowest BCUT2D eigenvalue weighted by molar-refractivity contribution is 0.0465. The van der Waals surface area contributed by atoms with E-state index in [1.165, 1.54) is 0 Å². The van der Waals surface area contributed by atoms with Crippen LogP contribution in [0.2, 0.25) is 0 Å². The Morgan fingerprint density at radius 1 is 1.00 bits per heavy atom. The van der Waals surface area contributed by atoms with Gasteiger partial charge in [0.15, 0.2) is 18.1 Å². The summed E-state index contributed by atoms with van der Waals surface area (Å²) in [6.07, 6.45) is 0.902. The second kappa shape index (κ2) is 8.88. The maximum Gasteiger partial charge on any atom is 0.357 e. The molecule has 2 aromatic heterocycles. The number of hydrogen-bond acceptors (Lipinski definition) is 5. The predicted molar refractivity (Wildman–Crippen MR) is 117 cm³/mol. The number of nitrogens with zero attached hydrogens (tertiary/aromatic N) is 2. The van der Waals surface area contributed by atoms with Crippen LogP contribution in [0.4, 0.5) is 0 Å². The molecule has 0 fully saturated rings. The van der Waals surface area contributed by atoms with Crippen LogP contribution in [0, 0.1) is 0 Å². The zero-order chi connectivity index (χ0) is 20.9. The van der Waals surface area contributed by atoms with Crippen molar-refractivity contribution in [3.63, 3.8) is 0 Å². The minimum absolute atomic E-state index is 0.241. The van der Waals surface area contributed by atoms with E-state index in [1.807, 2.05) is 60.0 Å². The molecular formula is C24H20N2O3S. The lowest BCUT2D eigenvalue weighted by Crippen LogP contribution is -2.17. The van der Waals surface area contributed by atoms with Crippen molar-refractivity contribution in [3.05, 3.63) is 95.0 Å². The number of carbonyl (C=O) groups is 2. The van der Waals surface area contributed by atoms with Gasteiger partial charge in [-0.1, -0.05) is 55.5 Å². The number of ketones is 1. The monoisotopic (exact) mass is 416 g/mol. The Morgan fingerprint density at radius 3 is 2.43 bits per heavy atom. The largest absolute Gasteiger partial charge is 0.453 e. The average Bonchev–Trinajstić information content (AvgIpc) is 3.48. The highest BCUT2D eigenvalue weighted by Gasteiger charge is 2.20. The number of rotatable bonds is 7. The molecule has 4 rings (SSSR count). The van der Waals surface area contributed by atoms with Gasteiger partial charge in [0.05, 0.1) is 10.6 Å². The molecule has 0 aliphatic heterocycles. The van der Waals surface area contributed by atoms with Crippen LogP contribution in [0.5, 0.6) is 0 Å². The minimum Gasteiger partial charge on any atom is -0.453 e. The standard InChI is InChI=1S/C24H20N2O3S/c1-2-17-10-12-18(13-11-17)22(27)16-29-24(28)21-15-20(23-9-6-14-30-23)25-26(21)19-7-4-3-5-8-19/h3-15H,2,16H2,1H3. The number of hydrogen-bond donors (Lipinski definition) is 0. The summed E-state index contributed by atoms with van der Waals surface area (Å²) in [5, 5.41) is 6.55. The fourth-order valence-electron chi connectivity index (χ4n) is 3.05. The Bertz CT molecular complexity index is 1150. The summed E-state index contributed by atoms with van der Waals surface area (Å²) in [4.78, 5) is 26.2. The van der Waals surface area contributed by atoms with E-state index in [2.05, 4.69) is 12.0 Å². The first-order valence-corrected chi connectivity index (χ1v) is 10.5. The predicted octanol–water partition coefficient (Wildman–Crippen LogP) is 5.20. The van der Waals surface area contributed by atoms with Gasteiger partial charge in [0.2, 0.25) is 0 Å². The molecule has 2 heterocycles. The first-order chi connectivity index (χ1) is 14.7. The Kier molecular flexibility index (Phi) is 5.86. The molecule has 0 saturated heterocycles. The van der Waals surface area contributed by atoms with Crippen LogP contribution in [-0.2, 0) is 11.2 Å². The van der Waals surface area contributed by atoms with Gasteiger partial charge in [0, 0.05) is 11.6 Å². The van der Waals surface area contributed by atoms with Crippen LogP contribution < -0.4 is 0 Å². The molecule has 0 N–H and O–H groups in total. The molecule has 150 valence electrons. The van der Waals surface area contributed by atoms with Crippen molar-refractivity contribution in [3.8, 4) is 16.3 Å². The molecule has 0 amide bonds. The van der Waals surface area contributed by atoms with E-state index in [4.69, 9.17) is 4.74 Å². The summed E-state index contributed by atoms with van der Waals surface area (Å²) in [5.41, 5.74) is 3.38. The van der Waals surface area contributed by atoms with Crippen molar-refractivity contribution in [2.45, 2.75) is 13.3 Å². The molecule has 4 aromatic rings. The SMILES string of the molecule is CCc1ccc(C(=O)COC(=O)c2cc(-c3cccs3)nn2-c2ccccc2)cc1. The maximum atomic E-state index is 12.8. The van der Waals surface area contributed by atoms with Gasteiger partial charge in [0.1, 0.15) is 5.69 Å². The molecule has 30 heavy (non-hydrogen) atoms. The van der Waals surface area contributed by atoms with Gasteiger partial charge in [-0.3, -0.25) is 4.79 Å². The van der Waals surface area contributed by atoms with Gasteiger partial charge < -0.3 is 4.74 Å². The number of benzene rings is 2. The van der Waals surface area contributed by atoms with Crippen LogP contribution >= 0.6 is 11.3 Å². The van der Waals surface area contributed by atoms with Crippen molar-refractivity contribution >= 4 is 23.1 Å². The number of para-hydroxylation sites is 1. The van der Waals surface area contributed by atoms with Crippen molar-refractivity contribution in [1.29, 1.82) is 0 Å². The van der Waals surface area contributed by atoms with Crippen molar-refractivity contribution in [1.82, 2.24) is 9.78 Å². The van der Waals surface area contributed by atoms with E-state index in [9.17, 15) is 9.59 Å². The normalized spacial score (nSPS) is 10.7. The van der Waals surface area contributed by atoms with Gasteiger partial charge in [0.25, 0.3) is 0 Å². The highest BCUT2D eigenvalue weighted by molar-refractivity contribution is 7.13. The number of thiophene rings is 1. The summed E-state index contributed by atoms with van der Waals surface area (Å²) < 4.78 is 6.90. The highest BCUT2D eigenvalue weighted by Crippen LogP contribution is 2.26. The van der Waals surface area contributed by atoms with Crippen LogP contribution in [-0.4, -0.2) is 28.1 Å². The average molecular weight is 417 g/mol. The lowest BCUT2D eigenvalue weighted by atomic mass is 10.1. The molecule has 6 heteroatoms. The lowest BCUT2D eigenvalue weighted by Gasteiger charge is -2.08. The first-order valence-electron chi connectivity index (χ1n) is 9.64. The van der Waals surface area contributed by atoms with Gasteiger partial charge in [-0.25, -0.2) is 9.48 Å². The highest BCUT2D eigenvalue weighted by atomic mass is 32.1. The molecule has 5 nitrogen and oxygen atoms in total. The molecule has 0 aliphatic carbocycles. The van der Waals surface area contributed by atoms with Crippen LogP contribution in [0.25, 0.3) is 16.3 Å². The maximum absolute atomic E-state index is 12.8. The molecule has 0 bridgehead atoms. The number of aryl methyl sites for hydroxylation is 1. The zero-order valence-electron chi connectivity index (χ0n) is 16.4. The summed E-state index contributed by atoms with van der Waals surface area (Å²) >= 11 is 1.54. The Balaban J connectivity index is 1.56. The number of Topliss-reactive ketones (excluding diaryl/α,β-unsaturated/α-hetero) is 1. The molecular weight excluding hydrogens is 396 g/mol. The fraction of sp³-hybridized carbons (Fsp3) is 0.125. The van der Waals surface area contributed by atoms with E-state index in [0.29, 0.717) is 11.3 Å². The Morgan fingerprint density at radius 2 is 1.77 bits per heavy atom. The van der Waals surface area contributed by atoms with Gasteiger partial charge in [-0.2, -0.15) is 5.10 Å². The number of aromatic nitrogens is 2. The number of ether oxygens (including phenoxy) is 1. The van der Waals surface area contributed by atoms with Crippen LogP contribution in [0.1, 0.15) is 33.3 Å². The molecule has 0 spiro atoms. The van der Waals surface area contributed by atoms with Crippen LogP contribution in [0.15, 0.2) is 78.2 Å². The summed E-state index contributed by atoms with van der Waals surface area (Å²) in [7, 11) is 0. The second-order valence-electron chi connectivity index (χ2n) is 6.69. The third-order valence-electron chi connectivity index (χ3n) is 4.71. The first kappa shape index (κ1) is 19.8. The third kappa shape index (κ3) is 4.23. The zero-order valence-corrected chi connectivity index (χ0v) is 17.3. The number of carbonyl (C=O) groups excluding carboxylic acids is 2. The van der Waals surface area contributed by atoms with Gasteiger partial charge in [-0.15, -0.1) is 11.3 Å². The summed E-state index contributed by atoms with van der Waals surface area (Å²) in [6.45, 7) is 1.73. The van der Waals surface area contributed by atoms with Crippen molar-refractivity contribution < 1.29 is 14.3 Å². The quantitative estimate of drug-likeness (QED) is 0.307. The van der Waals surface area contributed by atoms with Gasteiger partial charge >= 0.3 is 5.97 Å². The molecule has 0 unspecified atom stereocenters. The summed E-state index contributed by atoms with van der Waals surface area (Å²) in [6, 6.07) is 22.3. The minimum atomic E-state index is -0.590. The molecule has 0 radical (unpaired) electrons. The molecule has 0 atom stereocenters. The molecule has 2 aromatic carbocycles. The topological polar surface area (TPSA) is 61.2 Å². The molecule has 0 aliphatic rings. The van der Waals surface area contributed by atoms with E-state index in [-0.39, 0.29) is 18.1 Å². The molecule has 0 saturated carbocycles. The van der Waals surface area contributed by atoms with Gasteiger partial charge in [-0.05, 0) is 35.6 Å². The second-order valence-corrected chi connectivity index (χ2v) is 7.64. The van der Waals surface area contributed by atoms with Crippen molar-refractivity contribution in [2.24, 2.45) is 0 Å². The van der Waals surface area contributed by atoms with E-state index < -0.39 is 5.97 Å². The van der Waals surface area contributed by atoms with E-state index in [1.54, 1.807) is 34.2 Å². The van der Waals surface area contributed by atoms with Crippen LogP contribution in [0.3, 0.4) is 0 Å². The summed E-state index contributed by atoms with van der Waals surface area (Å²) in [5.74, 6) is -0.831. The van der Waals surface area contributed by atoms with Crippen molar-refractivity contribution in [2.75, 3.05) is 6.61 Å².